The van der Waals surface area contributed by atoms with Crippen molar-refractivity contribution < 1.29 is 4.79 Å². The standard InChI is InChI=1S/C12H15N7O/c20-12(9-10-14-16-17-15-10)19-7-5-18(6-8-19)11-3-1-2-4-13-11/h1-4H,5-9H2,(H,14,15,16,17). The average Bonchev–Trinajstić information content (AvgIpc) is 3.01. The van der Waals surface area contributed by atoms with Crippen LogP contribution in [0.25, 0.3) is 0 Å². The van der Waals surface area contributed by atoms with Gasteiger partial charge in [0.25, 0.3) is 0 Å². The number of carbonyl (C=O) groups excluding carboxylic acids is 1. The summed E-state index contributed by atoms with van der Waals surface area (Å²) in [6.45, 7) is 2.95. The lowest BCUT2D eigenvalue weighted by atomic mass is 10.2. The van der Waals surface area contributed by atoms with E-state index in [0.717, 1.165) is 18.9 Å². The number of anilines is 1. The van der Waals surface area contributed by atoms with Gasteiger partial charge in [0, 0.05) is 32.4 Å². The van der Waals surface area contributed by atoms with Gasteiger partial charge in [-0.2, -0.15) is 5.21 Å². The number of aromatic nitrogens is 5. The van der Waals surface area contributed by atoms with Gasteiger partial charge in [-0.15, -0.1) is 10.2 Å². The van der Waals surface area contributed by atoms with Gasteiger partial charge in [-0.05, 0) is 12.1 Å². The van der Waals surface area contributed by atoms with Crippen molar-refractivity contribution in [1.82, 2.24) is 30.5 Å². The number of piperazine rings is 1. The van der Waals surface area contributed by atoms with Crippen LogP contribution in [-0.2, 0) is 11.2 Å². The summed E-state index contributed by atoms with van der Waals surface area (Å²) < 4.78 is 0. The SMILES string of the molecule is O=C(Cc1nn[nH]n1)N1CCN(c2ccccn2)CC1. The maximum Gasteiger partial charge on any atom is 0.230 e. The first kappa shape index (κ1) is 12.5. The summed E-state index contributed by atoms with van der Waals surface area (Å²) in [4.78, 5) is 20.4. The van der Waals surface area contributed by atoms with Crippen LogP contribution in [-0.4, -0.2) is 62.6 Å². The molecule has 1 saturated heterocycles. The van der Waals surface area contributed by atoms with Crippen LogP contribution in [0.2, 0.25) is 0 Å². The molecule has 1 aliphatic heterocycles. The van der Waals surface area contributed by atoms with Gasteiger partial charge >= 0.3 is 0 Å². The third-order valence-corrected chi connectivity index (χ3v) is 3.30. The van der Waals surface area contributed by atoms with Crippen LogP contribution in [0, 0.1) is 0 Å². The molecule has 0 aromatic carbocycles. The van der Waals surface area contributed by atoms with E-state index in [1.165, 1.54) is 0 Å². The molecule has 0 atom stereocenters. The highest BCUT2D eigenvalue weighted by atomic mass is 16.2. The first-order valence-electron chi connectivity index (χ1n) is 6.49. The van der Waals surface area contributed by atoms with Crippen molar-refractivity contribution in [3.05, 3.63) is 30.2 Å². The van der Waals surface area contributed by atoms with E-state index in [-0.39, 0.29) is 12.3 Å². The Morgan fingerprint density at radius 2 is 2.10 bits per heavy atom. The van der Waals surface area contributed by atoms with E-state index in [4.69, 9.17) is 0 Å². The van der Waals surface area contributed by atoms with E-state index in [9.17, 15) is 4.79 Å². The molecule has 1 N–H and O–H groups in total. The minimum Gasteiger partial charge on any atom is -0.353 e. The Bertz CT molecular complexity index is 548. The number of aromatic amines is 1. The van der Waals surface area contributed by atoms with Crippen LogP contribution in [0.4, 0.5) is 5.82 Å². The zero-order valence-corrected chi connectivity index (χ0v) is 10.9. The van der Waals surface area contributed by atoms with E-state index in [1.807, 2.05) is 23.1 Å². The number of nitrogens with one attached hydrogen (secondary N) is 1. The summed E-state index contributed by atoms with van der Waals surface area (Å²) >= 11 is 0. The third kappa shape index (κ3) is 2.73. The molecule has 0 saturated carbocycles. The Hall–Kier alpha value is -2.51. The summed E-state index contributed by atoms with van der Waals surface area (Å²) in [7, 11) is 0. The lowest BCUT2D eigenvalue weighted by Crippen LogP contribution is -2.49. The van der Waals surface area contributed by atoms with Crippen molar-refractivity contribution >= 4 is 11.7 Å². The molecule has 0 bridgehead atoms. The maximum atomic E-state index is 12.1. The lowest BCUT2D eigenvalue weighted by molar-refractivity contribution is -0.130. The topological polar surface area (TPSA) is 90.9 Å². The highest BCUT2D eigenvalue weighted by Gasteiger charge is 2.22. The zero-order valence-electron chi connectivity index (χ0n) is 10.9. The van der Waals surface area contributed by atoms with E-state index < -0.39 is 0 Å². The van der Waals surface area contributed by atoms with Crippen LogP contribution in [0.5, 0.6) is 0 Å². The van der Waals surface area contributed by atoms with Crippen molar-refractivity contribution in [3.63, 3.8) is 0 Å². The van der Waals surface area contributed by atoms with Gasteiger partial charge in [0.05, 0.1) is 6.42 Å². The Morgan fingerprint density at radius 3 is 2.75 bits per heavy atom. The highest BCUT2D eigenvalue weighted by molar-refractivity contribution is 5.78. The van der Waals surface area contributed by atoms with E-state index in [1.54, 1.807) is 6.20 Å². The molecule has 2 aromatic rings. The Kier molecular flexibility index (Phi) is 3.53. The first-order valence-corrected chi connectivity index (χ1v) is 6.49. The summed E-state index contributed by atoms with van der Waals surface area (Å²) in [6, 6.07) is 5.85. The summed E-state index contributed by atoms with van der Waals surface area (Å²) in [5.74, 6) is 1.42. The number of pyridine rings is 1. The molecule has 1 fully saturated rings. The number of hydrogen-bond donors (Lipinski definition) is 1. The summed E-state index contributed by atoms with van der Waals surface area (Å²) in [5, 5.41) is 13.4. The molecule has 0 aliphatic carbocycles. The fourth-order valence-corrected chi connectivity index (χ4v) is 2.23. The van der Waals surface area contributed by atoms with Crippen molar-refractivity contribution in [2.24, 2.45) is 0 Å². The molecule has 8 nitrogen and oxygen atoms in total. The largest absolute Gasteiger partial charge is 0.353 e. The maximum absolute atomic E-state index is 12.1. The molecule has 8 heteroatoms. The molecule has 0 unspecified atom stereocenters. The number of H-pyrrole nitrogens is 1. The van der Waals surface area contributed by atoms with E-state index in [0.29, 0.717) is 18.9 Å². The van der Waals surface area contributed by atoms with Gasteiger partial charge in [-0.3, -0.25) is 4.79 Å². The van der Waals surface area contributed by atoms with Crippen LogP contribution < -0.4 is 4.90 Å². The van der Waals surface area contributed by atoms with Crippen LogP contribution in [0.15, 0.2) is 24.4 Å². The highest BCUT2D eigenvalue weighted by Crippen LogP contribution is 2.12. The smallest absolute Gasteiger partial charge is 0.230 e. The molecule has 0 spiro atoms. The zero-order chi connectivity index (χ0) is 13.8. The second-order valence-corrected chi connectivity index (χ2v) is 4.56. The number of carbonyl (C=O) groups is 1. The summed E-state index contributed by atoms with van der Waals surface area (Å²) in [5.41, 5.74) is 0. The van der Waals surface area contributed by atoms with Gasteiger partial charge in [0.1, 0.15) is 5.82 Å². The normalized spacial score (nSPS) is 15.4. The van der Waals surface area contributed by atoms with Crippen molar-refractivity contribution in [1.29, 1.82) is 0 Å². The molecule has 1 amide bonds. The molecule has 0 radical (unpaired) electrons. The van der Waals surface area contributed by atoms with Crippen molar-refractivity contribution in [2.45, 2.75) is 6.42 Å². The van der Waals surface area contributed by atoms with Gasteiger partial charge in [-0.25, -0.2) is 4.98 Å². The molecular formula is C12H15N7O. The third-order valence-electron chi connectivity index (χ3n) is 3.30. The van der Waals surface area contributed by atoms with E-state index >= 15 is 0 Å². The van der Waals surface area contributed by atoms with Crippen LogP contribution in [0.1, 0.15) is 5.82 Å². The fraction of sp³-hybridized carbons (Fsp3) is 0.417. The molecule has 3 rings (SSSR count). The predicted molar refractivity (Wildman–Crippen MR) is 70.9 cm³/mol. The predicted octanol–water partition coefficient (Wildman–Crippen LogP) is -0.514. The first-order chi connectivity index (χ1) is 9.83. The van der Waals surface area contributed by atoms with Crippen molar-refractivity contribution in [2.75, 3.05) is 31.1 Å². The fourth-order valence-electron chi connectivity index (χ4n) is 2.23. The molecule has 104 valence electrons. The number of nitrogens with zero attached hydrogens (tertiary/aromatic N) is 6. The number of rotatable bonds is 3. The van der Waals surface area contributed by atoms with Crippen LogP contribution in [0.3, 0.4) is 0 Å². The number of hydrogen-bond acceptors (Lipinski definition) is 6. The average molecular weight is 273 g/mol. The van der Waals surface area contributed by atoms with Crippen molar-refractivity contribution in [3.8, 4) is 0 Å². The minimum atomic E-state index is 0.0343. The lowest BCUT2D eigenvalue weighted by Gasteiger charge is -2.35. The van der Waals surface area contributed by atoms with Gasteiger partial charge in [-0.1, -0.05) is 11.3 Å². The Labute approximate surface area is 115 Å². The quantitative estimate of drug-likeness (QED) is 0.809. The number of amides is 1. The minimum absolute atomic E-state index is 0.0343. The molecule has 3 heterocycles. The second-order valence-electron chi connectivity index (χ2n) is 4.56. The van der Waals surface area contributed by atoms with Gasteiger partial charge in [0.2, 0.25) is 5.91 Å². The number of tetrazole rings is 1. The Balaban J connectivity index is 1.54. The van der Waals surface area contributed by atoms with Crippen LogP contribution >= 0.6 is 0 Å². The molecular weight excluding hydrogens is 258 g/mol. The van der Waals surface area contributed by atoms with Gasteiger partial charge in [0.15, 0.2) is 5.82 Å². The monoisotopic (exact) mass is 273 g/mol. The molecule has 1 aliphatic rings. The van der Waals surface area contributed by atoms with Gasteiger partial charge < -0.3 is 9.80 Å². The molecule has 2 aromatic heterocycles. The Morgan fingerprint density at radius 1 is 1.25 bits per heavy atom. The summed E-state index contributed by atoms with van der Waals surface area (Å²) in [6.07, 6.45) is 1.98. The van der Waals surface area contributed by atoms with E-state index in [2.05, 4.69) is 30.5 Å². The second kappa shape index (κ2) is 5.64. The molecule has 20 heavy (non-hydrogen) atoms.